The molecule has 0 saturated heterocycles. The minimum atomic E-state index is 0.104. The Morgan fingerprint density at radius 3 is 2.45 bits per heavy atom. The van der Waals surface area contributed by atoms with Crippen LogP contribution in [0.1, 0.15) is 54.0 Å². The Bertz CT molecular complexity index is 1110. The van der Waals surface area contributed by atoms with Gasteiger partial charge in [-0.15, -0.1) is 0 Å². The number of hydrogen-bond acceptors (Lipinski definition) is 4. The van der Waals surface area contributed by atoms with Gasteiger partial charge in [-0.25, -0.2) is 9.67 Å². The van der Waals surface area contributed by atoms with E-state index < -0.39 is 0 Å². The normalized spacial score (nSPS) is 16.2. The fourth-order valence-corrected chi connectivity index (χ4v) is 5.27. The molecule has 0 atom stereocenters. The first-order valence-electron chi connectivity index (χ1n) is 12.0. The molecule has 6 nitrogen and oxygen atoms in total. The maximum atomic E-state index is 13.4. The van der Waals surface area contributed by atoms with Gasteiger partial charge in [0.1, 0.15) is 30.0 Å². The summed E-state index contributed by atoms with van der Waals surface area (Å²) in [6, 6.07) is 17.1. The average molecular weight is 445 g/mol. The quantitative estimate of drug-likeness (QED) is 0.542. The average Bonchev–Trinajstić information content (AvgIpc) is 3.52. The van der Waals surface area contributed by atoms with Gasteiger partial charge in [0.15, 0.2) is 0 Å². The van der Waals surface area contributed by atoms with Crippen molar-refractivity contribution in [2.24, 2.45) is 0 Å². The van der Waals surface area contributed by atoms with E-state index in [2.05, 4.69) is 46.5 Å². The Balaban J connectivity index is 1.29. The monoisotopic (exact) mass is 444 g/mol. The van der Waals surface area contributed by atoms with Crippen molar-refractivity contribution in [2.45, 2.75) is 77.6 Å². The number of carbonyl (C=O) groups excluding carboxylic acids is 1. The molecule has 3 aromatic rings. The maximum Gasteiger partial charge on any atom is 0.244 e. The van der Waals surface area contributed by atoms with Crippen molar-refractivity contribution < 1.29 is 9.53 Å². The number of amides is 1. The molecule has 33 heavy (non-hydrogen) atoms. The Labute approximate surface area is 195 Å². The molecule has 172 valence electrons. The summed E-state index contributed by atoms with van der Waals surface area (Å²) >= 11 is 0. The van der Waals surface area contributed by atoms with Gasteiger partial charge in [-0.2, -0.15) is 5.10 Å². The summed E-state index contributed by atoms with van der Waals surface area (Å²) in [4.78, 5) is 19.8. The van der Waals surface area contributed by atoms with Crippen molar-refractivity contribution >= 4 is 5.91 Å². The summed E-state index contributed by atoms with van der Waals surface area (Å²) in [5.74, 6) is 2.46. The molecule has 0 radical (unpaired) electrons. The molecule has 2 aliphatic rings. The number of nitrogens with zero attached hydrogens (tertiary/aromatic N) is 4. The molecule has 0 spiro atoms. The third kappa shape index (κ3) is 4.95. The van der Waals surface area contributed by atoms with Crippen LogP contribution in [0.15, 0.2) is 48.5 Å². The number of aromatic nitrogens is 3. The molecule has 0 bridgehead atoms. The van der Waals surface area contributed by atoms with Gasteiger partial charge < -0.3 is 9.64 Å². The van der Waals surface area contributed by atoms with E-state index >= 15 is 0 Å². The molecular weight excluding hydrogens is 412 g/mol. The van der Waals surface area contributed by atoms with E-state index in [4.69, 9.17) is 4.74 Å². The number of rotatable bonds is 7. The zero-order valence-corrected chi connectivity index (χ0v) is 19.5. The molecule has 6 heteroatoms. The Morgan fingerprint density at radius 2 is 1.79 bits per heavy atom. The third-order valence-electron chi connectivity index (χ3n) is 6.90. The fourth-order valence-electron chi connectivity index (χ4n) is 5.27. The van der Waals surface area contributed by atoms with E-state index in [0.29, 0.717) is 12.4 Å². The number of fused-ring (bicyclic) bond motifs is 1. The first kappa shape index (κ1) is 21.7. The summed E-state index contributed by atoms with van der Waals surface area (Å²) in [5.41, 5.74) is 3.88. The third-order valence-corrected chi connectivity index (χ3v) is 6.90. The summed E-state index contributed by atoms with van der Waals surface area (Å²) < 4.78 is 8.07. The number of benzene rings is 2. The number of ether oxygens (including phenoxy) is 1. The zero-order valence-electron chi connectivity index (χ0n) is 19.5. The molecule has 1 saturated carbocycles. The van der Waals surface area contributed by atoms with Crippen molar-refractivity contribution in [3.05, 3.63) is 76.9 Å². The summed E-state index contributed by atoms with van der Waals surface area (Å²) in [7, 11) is 0. The summed E-state index contributed by atoms with van der Waals surface area (Å²) in [6.45, 7) is 4.59. The fraction of sp³-hybridized carbons (Fsp3) is 0.444. The minimum Gasteiger partial charge on any atom is -0.490 e. The highest BCUT2D eigenvalue weighted by molar-refractivity contribution is 5.76. The molecule has 1 fully saturated rings. The molecule has 2 aromatic carbocycles. The highest BCUT2D eigenvalue weighted by Gasteiger charge is 2.28. The van der Waals surface area contributed by atoms with Gasteiger partial charge in [-0.3, -0.25) is 4.79 Å². The summed E-state index contributed by atoms with van der Waals surface area (Å²) in [6.07, 6.45) is 6.56. The molecule has 0 unspecified atom stereocenters. The number of hydrogen-bond donors (Lipinski definition) is 0. The van der Waals surface area contributed by atoms with Crippen molar-refractivity contribution in [1.82, 2.24) is 19.7 Å². The molecule has 1 heterocycles. The second kappa shape index (κ2) is 9.38. The van der Waals surface area contributed by atoms with Crippen LogP contribution in [0, 0.1) is 13.8 Å². The van der Waals surface area contributed by atoms with Crippen LogP contribution in [0.3, 0.4) is 0 Å². The standard InChI is InChI=1S/C27H32N4O2/c1-19-28-20(2)31(29-19)18-27(32)30(24-11-5-6-12-24)17-21-8-7-13-25(14-21)33-26-15-22-9-3-4-10-23(22)16-26/h3-4,7-10,13-14,24,26H,5-6,11-12,15-18H2,1-2H3. The molecule has 2 aliphatic carbocycles. The van der Waals surface area contributed by atoms with Gasteiger partial charge in [0, 0.05) is 25.4 Å². The van der Waals surface area contributed by atoms with Crippen LogP contribution in [0.5, 0.6) is 5.75 Å². The van der Waals surface area contributed by atoms with E-state index in [9.17, 15) is 4.79 Å². The van der Waals surface area contributed by atoms with Gasteiger partial charge in [0.2, 0.25) is 5.91 Å². The lowest BCUT2D eigenvalue weighted by Crippen LogP contribution is -2.40. The number of carbonyl (C=O) groups is 1. The second-order valence-corrected chi connectivity index (χ2v) is 9.39. The minimum absolute atomic E-state index is 0.104. The highest BCUT2D eigenvalue weighted by Crippen LogP contribution is 2.28. The smallest absolute Gasteiger partial charge is 0.244 e. The van der Waals surface area contributed by atoms with Gasteiger partial charge >= 0.3 is 0 Å². The largest absolute Gasteiger partial charge is 0.490 e. The zero-order chi connectivity index (χ0) is 22.8. The molecule has 1 aromatic heterocycles. The second-order valence-electron chi connectivity index (χ2n) is 9.39. The van der Waals surface area contributed by atoms with Crippen molar-refractivity contribution in [3.8, 4) is 5.75 Å². The van der Waals surface area contributed by atoms with Crippen molar-refractivity contribution in [1.29, 1.82) is 0 Å². The first-order valence-corrected chi connectivity index (χ1v) is 12.0. The lowest BCUT2D eigenvalue weighted by atomic mass is 10.1. The Kier molecular flexibility index (Phi) is 6.16. The maximum absolute atomic E-state index is 13.4. The number of aryl methyl sites for hydroxylation is 2. The van der Waals surface area contributed by atoms with E-state index in [1.165, 1.54) is 24.0 Å². The van der Waals surface area contributed by atoms with Gasteiger partial charge in [-0.1, -0.05) is 49.2 Å². The lowest BCUT2D eigenvalue weighted by Gasteiger charge is -2.29. The van der Waals surface area contributed by atoms with Crippen LogP contribution in [-0.4, -0.2) is 37.7 Å². The predicted molar refractivity (Wildman–Crippen MR) is 127 cm³/mol. The molecule has 0 N–H and O–H groups in total. The Hall–Kier alpha value is -3.15. The molecular formula is C27H32N4O2. The SMILES string of the molecule is Cc1nc(C)n(CC(=O)N(Cc2cccc(OC3Cc4ccccc4C3)c2)C2CCCC2)n1. The lowest BCUT2D eigenvalue weighted by molar-refractivity contribution is -0.135. The van der Waals surface area contributed by atoms with Gasteiger partial charge in [0.05, 0.1) is 0 Å². The Morgan fingerprint density at radius 1 is 1.06 bits per heavy atom. The predicted octanol–water partition coefficient (Wildman–Crippen LogP) is 4.41. The van der Waals surface area contributed by atoms with Crippen molar-refractivity contribution in [2.75, 3.05) is 0 Å². The van der Waals surface area contributed by atoms with E-state index in [0.717, 1.165) is 42.8 Å². The van der Waals surface area contributed by atoms with Gasteiger partial charge in [0.25, 0.3) is 0 Å². The van der Waals surface area contributed by atoms with Crippen LogP contribution in [0.4, 0.5) is 0 Å². The molecule has 1 amide bonds. The van der Waals surface area contributed by atoms with E-state index in [1.54, 1.807) is 4.68 Å². The van der Waals surface area contributed by atoms with Crippen LogP contribution in [0.2, 0.25) is 0 Å². The highest BCUT2D eigenvalue weighted by atomic mass is 16.5. The van der Waals surface area contributed by atoms with Crippen LogP contribution < -0.4 is 4.74 Å². The van der Waals surface area contributed by atoms with E-state index in [1.807, 2.05) is 30.9 Å². The van der Waals surface area contributed by atoms with Crippen LogP contribution in [0.25, 0.3) is 0 Å². The topological polar surface area (TPSA) is 60.2 Å². The first-order chi connectivity index (χ1) is 16.0. The molecule has 0 aliphatic heterocycles. The van der Waals surface area contributed by atoms with Gasteiger partial charge in [-0.05, 0) is 55.5 Å². The van der Waals surface area contributed by atoms with Crippen LogP contribution >= 0.6 is 0 Å². The van der Waals surface area contributed by atoms with Crippen molar-refractivity contribution in [3.63, 3.8) is 0 Å². The van der Waals surface area contributed by atoms with E-state index in [-0.39, 0.29) is 24.6 Å². The summed E-state index contributed by atoms with van der Waals surface area (Å²) in [5, 5.41) is 4.39. The van der Waals surface area contributed by atoms with Crippen LogP contribution in [-0.2, 0) is 30.7 Å². The molecule has 5 rings (SSSR count).